The minimum atomic E-state index is -0.346. The number of hydrogen-bond donors (Lipinski definition) is 2. The number of carbonyl (C=O) groups is 3. The number of aromatic nitrogens is 6. The standard InChI is InChI=1S/C50H61N11O3/c1-4-50(49(64)55-33(2)3)20-25-59(26-21-50)44-15-11-38(28-52-44)46-47-39(27-51)29-54-61(47)32-43(56-46)40-30-53-60(31-40)41-12-5-34(6-13-41)17-22-58-23-18-36(19-24-58)35-7-9-37(10-8-35)42-14-16-45(62)57-48(42)63/h7-11,15,28-34,36,41-42H,4-6,12-14,16-26H2,1-3H3,(H,55,64)(H,57,62,63). The molecule has 0 radical (unpaired) electrons. The Hall–Kier alpha value is -5.94. The zero-order valence-corrected chi connectivity index (χ0v) is 37.5. The van der Waals surface area contributed by atoms with E-state index in [2.05, 4.69) is 73.7 Å². The van der Waals surface area contributed by atoms with Crippen molar-refractivity contribution < 1.29 is 14.4 Å². The monoisotopic (exact) mass is 863 g/mol. The highest BCUT2D eigenvalue weighted by Crippen LogP contribution is 2.39. The number of nitriles is 1. The van der Waals surface area contributed by atoms with Crippen LogP contribution in [0.5, 0.6) is 0 Å². The lowest BCUT2D eigenvalue weighted by Gasteiger charge is -2.41. The number of imide groups is 1. The zero-order valence-electron chi connectivity index (χ0n) is 37.5. The van der Waals surface area contributed by atoms with Crippen LogP contribution < -0.4 is 15.5 Å². The van der Waals surface area contributed by atoms with E-state index in [9.17, 15) is 19.6 Å². The molecule has 5 aromatic rings. The summed E-state index contributed by atoms with van der Waals surface area (Å²) in [6.45, 7) is 11.0. The molecule has 2 N–H and O–H groups in total. The Kier molecular flexibility index (Phi) is 12.6. The molecule has 1 aromatic carbocycles. The second-order valence-electron chi connectivity index (χ2n) is 19.1. The summed E-state index contributed by atoms with van der Waals surface area (Å²) in [5, 5.41) is 25.0. The Morgan fingerprint density at radius 2 is 1.64 bits per heavy atom. The van der Waals surface area contributed by atoms with Gasteiger partial charge in [0.25, 0.3) is 0 Å². The van der Waals surface area contributed by atoms with Crippen molar-refractivity contribution in [2.24, 2.45) is 11.3 Å². The van der Waals surface area contributed by atoms with Gasteiger partial charge in [0, 0.05) is 49.1 Å². The molecule has 334 valence electrons. The molecule has 0 bridgehead atoms. The van der Waals surface area contributed by atoms with E-state index in [4.69, 9.17) is 15.1 Å². The number of rotatable bonds is 12. The Labute approximate surface area is 375 Å². The summed E-state index contributed by atoms with van der Waals surface area (Å²) in [7, 11) is 0. The molecule has 4 aromatic heterocycles. The average molecular weight is 864 g/mol. The Morgan fingerprint density at radius 1 is 0.891 bits per heavy atom. The number of anilines is 1. The third-order valence-corrected chi connectivity index (χ3v) is 14.8. The van der Waals surface area contributed by atoms with Gasteiger partial charge in [-0.2, -0.15) is 15.5 Å². The van der Waals surface area contributed by atoms with E-state index >= 15 is 0 Å². The number of fused-ring (bicyclic) bond motifs is 1. The SMILES string of the molecule is CCC1(C(=O)NC(C)C)CCN(c2ccc(-c3nc(-c4cnn(C5CCC(CCN6CCC(c7ccc(C8CCC(=O)NC8=O)cc7)CC6)CC5)c4)cn4ncc(C#N)c34)cn2)CC1. The van der Waals surface area contributed by atoms with Gasteiger partial charge in [0.05, 0.1) is 47.4 Å². The fraction of sp³-hybridized carbons (Fsp3) is 0.520. The maximum Gasteiger partial charge on any atom is 0.234 e. The topological polar surface area (TPSA) is 166 Å². The van der Waals surface area contributed by atoms with E-state index in [0.29, 0.717) is 41.6 Å². The van der Waals surface area contributed by atoms with Gasteiger partial charge in [-0.1, -0.05) is 31.2 Å². The van der Waals surface area contributed by atoms with Crippen LogP contribution in [0.1, 0.15) is 132 Å². The predicted molar refractivity (Wildman–Crippen MR) is 245 cm³/mol. The van der Waals surface area contributed by atoms with E-state index in [1.54, 1.807) is 10.7 Å². The first kappa shape index (κ1) is 43.3. The van der Waals surface area contributed by atoms with Crippen LogP contribution in [0.2, 0.25) is 0 Å². The molecular formula is C50H61N11O3. The van der Waals surface area contributed by atoms with Gasteiger partial charge in [-0.3, -0.25) is 24.4 Å². The molecule has 14 heteroatoms. The first-order valence-electron chi connectivity index (χ1n) is 23.6. The molecule has 1 aliphatic carbocycles. The number of pyridine rings is 1. The number of nitrogens with one attached hydrogen (secondary N) is 2. The summed E-state index contributed by atoms with van der Waals surface area (Å²) in [6, 6.07) is 15.4. The molecular weight excluding hydrogens is 803 g/mol. The summed E-state index contributed by atoms with van der Waals surface area (Å²) < 4.78 is 3.87. The number of amides is 3. The van der Waals surface area contributed by atoms with E-state index < -0.39 is 0 Å². The van der Waals surface area contributed by atoms with Gasteiger partial charge in [-0.25, -0.2) is 14.5 Å². The van der Waals surface area contributed by atoms with Crippen molar-refractivity contribution in [2.45, 2.75) is 122 Å². The Morgan fingerprint density at radius 3 is 2.31 bits per heavy atom. The Balaban J connectivity index is 0.783. The van der Waals surface area contributed by atoms with E-state index in [1.165, 1.54) is 24.8 Å². The third-order valence-electron chi connectivity index (χ3n) is 14.8. The lowest BCUT2D eigenvalue weighted by Crippen LogP contribution is -2.50. The normalized spacial score (nSPS) is 22.1. The fourth-order valence-electron chi connectivity index (χ4n) is 10.7. The van der Waals surface area contributed by atoms with Crippen molar-refractivity contribution in [2.75, 3.05) is 37.6 Å². The van der Waals surface area contributed by atoms with E-state index in [1.807, 2.05) is 44.6 Å². The maximum atomic E-state index is 13.1. The van der Waals surface area contributed by atoms with Crippen molar-refractivity contribution in [3.05, 3.63) is 84.1 Å². The smallest absolute Gasteiger partial charge is 0.234 e. The van der Waals surface area contributed by atoms with Crippen LogP contribution in [0.4, 0.5) is 5.82 Å². The number of benzene rings is 1. The number of hydrogen-bond acceptors (Lipinski definition) is 10. The van der Waals surface area contributed by atoms with Gasteiger partial charge >= 0.3 is 0 Å². The second-order valence-corrected chi connectivity index (χ2v) is 19.1. The molecule has 14 nitrogen and oxygen atoms in total. The van der Waals surface area contributed by atoms with Crippen LogP contribution in [0.15, 0.2) is 67.4 Å². The van der Waals surface area contributed by atoms with Crippen LogP contribution in [0.3, 0.4) is 0 Å². The molecule has 3 aliphatic heterocycles. The molecule has 9 rings (SSSR count). The van der Waals surface area contributed by atoms with Gasteiger partial charge < -0.3 is 15.1 Å². The van der Waals surface area contributed by atoms with Crippen LogP contribution in [-0.4, -0.2) is 90.7 Å². The minimum Gasteiger partial charge on any atom is -0.357 e. The van der Waals surface area contributed by atoms with Crippen LogP contribution in [0, 0.1) is 22.7 Å². The molecule has 7 heterocycles. The molecule has 1 saturated carbocycles. The van der Waals surface area contributed by atoms with Gasteiger partial charge in [0.2, 0.25) is 17.7 Å². The lowest BCUT2D eigenvalue weighted by atomic mass is 9.75. The summed E-state index contributed by atoms with van der Waals surface area (Å²) in [4.78, 5) is 51.9. The molecule has 1 unspecified atom stereocenters. The fourth-order valence-corrected chi connectivity index (χ4v) is 10.7. The molecule has 4 fully saturated rings. The van der Waals surface area contributed by atoms with Crippen LogP contribution in [-0.2, 0) is 14.4 Å². The second kappa shape index (κ2) is 18.6. The summed E-state index contributed by atoms with van der Waals surface area (Å²) in [5.41, 5.74) is 6.21. The van der Waals surface area contributed by atoms with Gasteiger partial charge in [0.15, 0.2) is 0 Å². The molecule has 4 aliphatic rings. The average Bonchev–Trinajstić information content (AvgIpc) is 3.99. The number of likely N-dealkylation sites (tertiary alicyclic amines) is 1. The van der Waals surface area contributed by atoms with Gasteiger partial charge in [0.1, 0.15) is 23.0 Å². The molecule has 1 atom stereocenters. The molecule has 3 amide bonds. The molecule has 3 saturated heterocycles. The maximum absolute atomic E-state index is 13.1. The van der Waals surface area contributed by atoms with Crippen molar-refractivity contribution in [3.63, 3.8) is 0 Å². The van der Waals surface area contributed by atoms with E-state index in [-0.39, 0.29) is 35.1 Å². The van der Waals surface area contributed by atoms with Crippen molar-refractivity contribution in [3.8, 4) is 28.6 Å². The largest absolute Gasteiger partial charge is 0.357 e. The van der Waals surface area contributed by atoms with Crippen LogP contribution in [0.25, 0.3) is 28.0 Å². The number of piperidine rings is 3. The van der Waals surface area contributed by atoms with Crippen LogP contribution >= 0.6 is 0 Å². The van der Waals surface area contributed by atoms with E-state index in [0.717, 1.165) is 112 Å². The van der Waals surface area contributed by atoms with Gasteiger partial charge in [-0.05, 0) is 139 Å². The van der Waals surface area contributed by atoms with Crippen molar-refractivity contribution in [1.29, 1.82) is 5.26 Å². The number of nitrogens with zero attached hydrogens (tertiary/aromatic N) is 9. The summed E-state index contributed by atoms with van der Waals surface area (Å²) in [6.07, 6.45) is 20.8. The first-order valence-corrected chi connectivity index (χ1v) is 23.6. The predicted octanol–water partition coefficient (Wildman–Crippen LogP) is 7.57. The van der Waals surface area contributed by atoms with Crippen molar-refractivity contribution in [1.82, 2.24) is 44.9 Å². The highest BCUT2D eigenvalue weighted by atomic mass is 16.2. The summed E-state index contributed by atoms with van der Waals surface area (Å²) >= 11 is 0. The highest BCUT2D eigenvalue weighted by Gasteiger charge is 2.40. The van der Waals surface area contributed by atoms with Crippen molar-refractivity contribution >= 4 is 29.1 Å². The van der Waals surface area contributed by atoms with Gasteiger partial charge in [-0.15, -0.1) is 0 Å². The Bertz CT molecular complexity index is 2500. The number of carbonyl (C=O) groups excluding carboxylic acids is 3. The lowest BCUT2D eigenvalue weighted by molar-refractivity contribution is -0.134. The molecule has 64 heavy (non-hydrogen) atoms. The highest BCUT2D eigenvalue weighted by molar-refractivity contribution is 6.01. The zero-order chi connectivity index (χ0) is 44.4. The minimum absolute atomic E-state index is 0.119. The quantitative estimate of drug-likeness (QED) is 0.120. The molecule has 0 spiro atoms. The third kappa shape index (κ3) is 9.05. The first-order chi connectivity index (χ1) is 31.1. The summed E-state index contributed by atoms with van der Waals surface area (Å²) in [5.74, 6) is 1.71.